The molecule has 27 heavy (non-hydrogen) atoms. The second kappa shape index (κ2) is 9.52. The third-order valence-corrected chi connectivity index (χ3v) is 3.88. The van der Waals surface area contributed by atoms with Gasteiger partial charge in [-0.3, -0.25) is 9.59 Å². The Morgan fingerprint density at radius 2 is 1.63 bits per heavy atom. The predicted molar refractivity (Wildman–Crippen MR) is 101 cm³/mol. The Balaban J connectivity index is 1.74. The van der Waals surface area contributed by atoms with Crippen LogP contribution < -0.4 is 10.1 Å². The molecule has 0 aliphatic rings. The number of amides is 1. The first-order valence-corrected chi connectivity index (χ1v) is 8.61. The van der Waals surface area contributed by atoms with Crippen LogP contribution in [0.4, 0.5) is 0 Å². The molecule has 0 aliphatic carbocycles. The number of benzene rings is 2. The van der Waals surface area contributed by atoms with Crippen molar-refractivity contribution in [2.24, 2.45) is 0 Å². The van der Waals surface area contributed by atoms with E-state index in [2.05, 4.69) is 5.32 Å². The maximum absolute atomic E-state index is 12.0. The smallest absolute Gasteiger partial charge is 0.344 e. The molecule has 6 heteroatoms. The first-order valence-electron chi connectivity index (χ1n) is 8.61. The zero-order chi connectivity index (χ0) is 19.8. The number of rotatable bonds is 8. The Bertz CT molecular complexity index is 796. The highest BCUT2D eigenvalue weighted by Gasteiger charge is 2.18. The van der Waals surface area contributed by atoms with Gasteiger partial charge in [-0.25, -0.2) is 4.79 Å². The maximum atomic E-state index is 12.0. The van der Waals surface area contributed by atoms with E-state index in [0.717, 1.165) is 11.1 Å². The Morgan fingerprint density at radius 3 is 2.22 bits per heavy atom. The van der Waals surface area contributed by atoms with Gasteiger partial charge in [0, 0.05) is 12.1 Å². The number of Topliss-reactive ketones (excluding diaryl/α,β-unsaturated/α-hetero) is 1. The first kappa shape index (κ1) is 20.2. The van der Waals surface area contributed by atoms with Crippen molar-refractivity contribution in [1.82, 2.24) is 5.32 Å². The van der Waals surface area contributed by atoms with Gasteiger partial charge in [0.1, 0.15) is 5.75 Å². The van der Waals surface area contributed by atoms with E-state index in [1.165, 1.54) is 13.8 Å². The summed E-state index contributed by atoms with van der Waals surface area (Å²) in [4.78, 5) is 35.1. The normalized spacial score (nSPS) is 11.4. The molecule has 0 aliphatic heterocycles. The molecule has 0 heterocycles. The summed E-state index contributed by atoms with van der Waals surface area (Å²) in [6.45, 7) is 5.00. The van der Waals surface area contributed by atoms with E-state index in [1.54, 1.807) is 24.3 Å². The number of aryl methyl sites for hydroxylation is 1. The van der Waals surface area contributed by atoms with Crippen LogP contribution in [0.15, 0.2) is 48.5 Å². The van der Waals surface area contributed by atoms with Gasteiger partial charge < -0.3 is 14.8 Å². The summed E-state index contributed by atoms with van der Waals surface area (Å²) in [5, 5.41) is 2.73. The van der Waals surface area contributed by atoms with Gasteiger partial charge in [-0.2, -0.15) is 0 Å². The Morgan fingerprint density at radius 1 is 1.00 bits per heavy atom. The largest absolute Gasteiger partial charge is 0.482 e. The zero-order valence-electron chi connectivity index (χ0n) is 15.7. The number of carbonyl (C=O) groups excluding carboxylic acids is 3. The molecule has 0 saturated heterocycles. The number of nitrogens with one attached hydrogen (secondary N) is 1. The average Bonchev–Trinajstić information content (AvgIpc) is 2.66. The second-order valence-electron chi connectivity index (χ2n) is 6.20. The van der Waals surface area contributed by atoms with Gasteiger partial charge in [0.15, 0.2) is 18.5 Å². The number of ketones is 1. The molecule has 2 aromatic carbocycles. The van der Waals surface area contributed by atoms with Crippen molar-refractivity contribution in [3.05, 3.63) is 65.2 Å². The van der Waals surface area contributed by atoms with Crippen molar-refractivity contribution in [1.29, 1.82) is 0 Å². The van der Waals surface area contributed by atoms with Gasteiger partial charge in [0.25, 0.3) is 5.91 Å². The molecule has 0 bridgehead atoms. The van der Waals surface area contributed by atoms with Crippen LogP contribution in [-0.2, 0) is 20.9 Å². The average molecular weight is 369 g/mol. The predicted octanol–water partition coefficient (Wildman–Crippen LogP) is 2.82. The van der Waals surface area contributed by atoms with Crippen LogP contribution in [0.25, 0.3) is 0 Å². The van der Waals surface area contributed by atoms with Crippen LogP contribution in [0.2, 0.25) is 0 Å². The van der Waals surface area contributed by atoms with E-state index in [1.807, 2.05) is 31.2 Å². The van der Waals surface area contributed by atoms with Gasteiger partial charge in [-0.1, -0.05) is 29.8 Å². The van der Waals surface area contributed by atoms with Crippen LogP contribution in [0.1, 0.15) is 35.3 Å². The fourth-order valence-corrected chi connectivity index (χ4v) is 2.25. The fraction of sp³-hybridized carbons (Fsp3) is 0.286. The van der Waals surface area contributed by atoms with Gasteiger partial charge in [-0.15, -0.1) is 0 Å². The monoisotopic (exact) mass is 369 g/mol. The quantitative estimate of drug-likeness (QED) is 0.572. The molecule has 142 valence electrons. The Kier molecular flexibility index (Phi) is 7.11. The lowest BCUT2D eigenvalue weighted by Crippen LogP contribution is -2.36. The fourth-order valence-electron chi connectivity index (χ4n) is 2.25. The van der Waals surface area contributed by atoms with Crippen molar-refractivity contribution >= 4 is 17.7 Å². The van der Waals surface area contributed by atoms with Crippen LogP contribution in [0.5, 0.6) is 5.75 Å². The summed E-state index contributed by atoms with van der Waals surface area (Å²) in [7, 11) is 0. The molecule has 1 atom stereocenters. The van der Waals surface area contributed by atoms with Crippen LogP contribution in [-0.4, -0.2) is 30.4 Å². The third-order valence-electron chi connectivity index (χ3n) is 3.88. The van der Waals surface area contributed by atoms with Gasteiger partial charge in [0.2, 0.25) is 0 Å². The standard InChI is InChI=1S/C21H23NO5/c1-14-4-6-17(7-5-14)12-22-21(25)16(3)27-20(24)13-26-19-10-8-18(9-11-19)15(2)23/h4-11,16H,12-13H2,1-3H3,(H,22,25)/t16-/m0/s1. The minimum Gasteiger partial charge on any atom is -0.482 e. The van der Waals surface area contributed by atoms with E-state index in [0.29, 0.717) is 17.9 Å². The van der Waals surface area contributed by atoms with Gasteiger partial charge in [-0.05, 0) is 50.6 Å². The summed E-state index contributed by atoms with van der Waals surface area (Å²) in [6.07, 6.45) is -0.924. The highest BCUT2D eigenvalue weighted by atomic mass is 16.6. The summed E-state index contributed by atoms with van der Waals surface area (Å²) in [5.41, 5.74) is 2.66. The van der Waals surface area contributed by atoms with Crippen molar-refractivity contribution in [2.75, 3.05) is 6.61 Å². The SMILES string of the molecule is CC(=O)c1ccc(OCC(=O)O[C@@H](C)C(=O)NCc2ccc(C)cc2)cc1. The molecule has 0 unspecified atom stereocenters. The Hall–Kier alpha value is -3.15. The first-order chi connectivity index (χ1) is 12.8. The molecule has 0 spiro atoms. The molecule has 2 rings (SSSR count). The van der Waals surface area contributed by atoms with Crippen molar-refractivity contribution in [2.45, 2.75) is 33.4 Å². The molecule has 6 nitrogen and oxygen atoms in total. The highest BCUT2D eigenvalue weighted by Crippen LogP contribution is 2.12. The number of hydrogen-bond donors (Lipinski definition) is 1. The second-order valence-corrected chi connectivity index (χ2v) is 6.20. The zero-order valence-corrected chi connectivity index (χ0v) is 15.7. The molecule has 0 radical (unpaired) electrons. The highest BCUT2D eigenvalue weighted by molar-refractivity contribution is 5.94. The summed E-state index contributed by atoms with van der Waals surface area (Å²) in [5.74, 6) is -0.641. The molecular weight excluding hydrogens is 346 g/mol. The van der Waals surface area contributed by atoms with E-state index >= 15 is 0 Å². The van der Waals surface area contributed by atoms with E-state index in [9.17, 15) is 14.4 Å². The van der Waals surface area contributed by atoms with Gasteiger partial charge >= 0.3 is 5.97 Å². The minimum absolute atomic E-state index is 0.0496. The van der Waals surface area contributed by atoms with Crippen molar-refractivity contribution < 1.29 is 23.9 Å². The molecule has 0 saturated carbocycles. The topological polar surface area (TPSA) is 81.7 Å². The third kappa shape index (κ3) is 6.58. The lowest BCUT2D eigenvalue weighted by Gasteiger charge is -2.14. The molecule has 2 aromatic rings. The molecule has 1 N–H and O–H groups in total. The maximum Gasteiger partial charge on any atom is 0.344 e. The van der Waals surface area contributed by atoms with Crippen molar-refractivity contribution in [3.63, 3.8) is 0 Å². The number of ether oxygens (including phenoxy) is 2. The number of esters is 1. The number of hydrogen-bond acceptors (Lipinski definition) is 5. The van der Waals surface area contributed by atoms with E-state index in [-0.39, 0.29) is 18.3 Å². The number of carbonyl (C=O) groups is 3. The van der Waals surface area contributed by atoms with Crippen LogP contribution >= 0.6 is 0 Å². The molecular formula is C21H23NO5. The molecule has 0 aromatic heterocycles. The van der Waals surface area contributed by atoms with Gasteiger partial charge in [0.05, 0.1) is 0 Å². The molecule has 0 fully saturated rings. The van der Waals surface area contributed by atoms with Crippen molar-refractivity contribution in [3.8, 4) is 5.75 Å². The summed E-state index contributed by atoms with van der Waals surface area (Å²) in [6, 6.07) is 14.2. The summed E-state index contributed by atoms with van der Waals surface area (Å²) < 4.78 is 10.4. The van der Waals surface area contributed by atoms with Crippen LogP contribution in [0.3, 0.4) is 0 Å². The van der Waals surface area contributed by atoms with E-state index in [4.69, 9.17) is 9.47 Å². The lowest BCUT2D eigenvalue weighted by atomic mass is 10.1. The summed E-state index contributed by atoms with van der Waals surface area (Å²) >= 11 is 0. The van der Waals surface area contributed by atoms with Crippen LogP contribution in [0, 0.1) is 6.92 Å². The molecule has 1 amide bonds. The van der Waals surface area contributed by atoms with E-state index < -0.39 is 12.1 Å². The minimum atomic E-state index is -0.924. The Labute approximate surface area is 158 Å². The lowest BCUT2D eigenvalue weighted by molar-refractivity contribution is -0.156.